The van der Waals surface area contributed by atoms with Crippen LogP contribution in [0.2, 0.25) is 0 Å². The number of hydrogen-bond acceptors (Lipinski definition) is 5. The van der Waals surface area contributed by atoms with Crippen LogP contribution in [0.5, 0.6) is 0 Å². The molecule has 0 amide bonds. The lowest BCUT2D eigenvalue weighted by molar-refractivity contribution is -0.193. The number of esters is 1. The van der Waals surface area contributed by atoms with Gasteiger partial charge in [-0.3, -0.25) is 9.59 Å². The van der Waals surface area contributed by atoms with Crippen molar-refractivity contribution in [2.45, 2.75) is 90.4 Å². The second-order valence-corrected chi connectivity index (χ2v) is 9.74. The Morgan fingerprint density at radius 1 is 1.27 bits per heavy atom. The van der Waals surface area contributed by atoms with Gasteiger partial charge in [0.05, 0.1) is 13.2 Å². The van der Waals surface area contributed by atoms with Crippen LogP contribution in [-0.4, -0.2) is 37.9 Å². The van der Waals surface area contributed by atoms with Gasteiger partial charge in [0.1, 0.15) is 0 Å². The molecule has 0 spiro atoms. The number of rotatable bonds is 10. The van der Waals surface area contributed by atoms with Gasteiger partial charge in [-0.05, 0) is 76.2 Å². The van der Waals surface area contributed by atoms with Crippen molar-refractivity contribution in [3.8, 4) is 11.8 Å². The molecular weight excluding hydrogens is 416 g/mol. The lowest BCUT2D eigenvalue weighted by Crippen LogP contribution is -2.30. The highest BCUT2D eigenvalue weighted by molar-refractivity contribution is 5.91. The number of unbranched alkanes of at least 4 members (excludes halogenated alkanes) is 1. The fourth-order valence-corrected chi connectivity index (χ4v) is 5.45. The fourth-order valence-electron chi connectivity index (χ4n) is 5.45. The molecule has 3 rings (SSSR count). The average molecular weight is 457 g/mol. The number of carbonyl (C=O) groups is 2. The van der Waals surface area contributed by atoms with Crippen molar-refractivity contribution in [2.75, 3.05) is 13.7 Å². The summed E-state index contributed by atoms with van der Waals surface area (Å²) >= 11 is 0. The van der Waals surface area contributed by atoms with E-state index in [9.17, 15) is 9.59 Å². The summed E-state index contributed by atoms with van der Waals surface area (Å²) in [4.78, 5) is 24.0. The topological polar surface area (TPSA) is 61.8 Å². The number of fused-ring (bicyclic) bond motifs is 1. The molecule has 2 aliphatic carbocycles. The normalized spacial score (nSPS) is 31.2. The summed E-state index contributed by atoms with van der Waals surface area (Å²) in [6.45, 7) is 4.53. The summed E-state index contributed by atoms with van der Waals surface area (Å²) < 4.78 is 17.0. The molecule has 1 saturated heterocycles. The molecule has 1 heterocycles. The van der Waals surface area contributed by atoms with Crippen molar-refractivity contribution < 1.29 is 23.8 Å². The Morgan fingerprint density at radius 3 is 2.85 bits per heavy atom. The second kappa shape index (κ2) is 13.1. The molecule has 0 radical (unpaired) electrons. The molecule has 5 nitrogen and oxygen atoms in total. The zero-order chi connectivity index (χ0) is 23.6. The highest BCUT2D eigenvalue weighted by Crippen LogP contribution is 2.52. The predicted octanol–water partition coefficient (Wildman–Crippen LogP) is 5.39. The summed E-state index contributed by atoms with van der Waals surface area (Å²) in [6, 6.07) is 0. The zero-order valence-corrected chi connectivity index (χ0v) is 20.5. The Morgan fingerprint density at radius 2 is 2.12 bits per heavy atom. The number of carbonyl (C=O) groups excluding carboxylic acids is 2. The molecule has 182 valence electrons. The van der Waals surface area contributed by atoms with E-state index in [0.717, 1.165) is 58.0 Å². The SMILES string of the molecule is CC#CC[C@@H](C)C(=O)/C=C/[C@@H]1[C@H]2C/C(=C/CCCC(=O)OC)C[C@H]2C[C@H]1OC1CCCCO1. The number of ketones is 1. The first-order valence-electron chi connectivity index (χ1n) is 12.6. The van der Waals surface area contributed by atoms with Crippen molar-refractivity contribution in [3.63, 3.8) is 0 Å². The van der Waals surface area contributed by atoms with Crippen molar-refractivity contribution in [1.82, 2.24) is 0 Å². The largest absolute Gasteiger partial charge is 0.469 e. The van der Waals surface area contributed by atoms with Crippen molar-refractivity contribution in [1.29, 1.82) is 0 Å². The van der Waals surface area contributed by atoms with Gasteiger partial charge in [-0.25, -0.2) is 0 Å². The molecule has 0 aromatic rings. The van der Waals surface area contributed by atoms with Crippen molar-refractivity contribution in [3.05, 3.63) is 23.8 Å². The molecule has 1 aliphatic heterocycles. The standard InChI is InChI=1S/C28H40O5/c1-4-5-10-20(2)25(29)15-14-23-24-18-21(11-6-7-12-27(30)31-3)17-22(24)19-26(23)33-28-13-8-9-16-32-28/h11,14-15,20,22-24,26,28H,6-10,12-13,16-19H2,1-3H3/b15-14+,21-11+/t20-,22+,23-,24+,26-,28?/m1/s1. The van der Waals surface area contributed by atoms with Crippen LogP contribution in [0, 0.1) is 35.5 Å². The number of allylic oxidation sites excluding steroid dienone is 3. The highest BCUT2D eigenvalue weighted by atomic mass is 16.7. The first-order valence-corrected chi connectivity index (χ1v) is 12.6. The summed E-state index contributed by atoms with van der Waals surface area (Å²) in [5.41, 5.74) is 1.48. The van der Waals surface area contributed by atoms with Crippen LogP contribution >= 0.6 is 0 Å². The summed E-state index contributed by atoms with van der Waals surface area (Å²) in [5.74, 6) is 7.12. The minimum atomic E-state index is -0.143. The summed E-state index contributed by atoms with van der Waals surface area (Å²) in [6.07, 6.45) is 15.4. The van der Waals surface area contributed by atoms with Gasteiger partial charge in [-0.1, -0.05) is 24.6 Å². The minimum Gasteiger partial charge on any atom is -0.469 e. The Hall–Kier alpha value is -1.90. The van der Waals surface area contributed by atoms with Crippen LogP contribution in [0.4, 0.5) is 0 Å². The molecule has 0 aromatic carbocycles. The molecular formula is C28H40O5. The van der Waals surface area contributed by atoms with Crippen LogP contribution < -0.4 is 0 Å². The van der Waals surface area contributed by atoms with E-state index >= 15 is 0 Å². The van der Waals surface area contributed by atoms with Gasteiger partial charge in [-0.2, -0.15) is 0 Å². The molecule has 2 saturated carbocycles. The maximum Gasteiger partial charge on any atom is 0.305 e. The number of methoxy groups -OCH3 is 1. The molecule has 5 heteroatoms. The van der Waals surface area contributed by atoms with Crippen molar-refractivity contribution >= 4 is 11.8 Å². The van der Waals surface area contributed by atoms with Gasteiger partial charge in [0.25, 0.3) is 0 Å². The summed E-state index contributed by atoms with van der Waals surface area (Å²) in [7, 11) is 1.44. The van der Waals surface area contributed by atoms with E-state index in [1.807, 2.05) is 13.8 Å². The van der Waals surface area contributed by atoms with Gasteiger partial charge >= 0.3 is 5.97 Å². The van der Waals surface area contributed by atoms with Crippen LogP contribution in [0.15, 0.2) is 23.8 Å². The molecule has 0 N–H and O–H groups in total. The first-order chi connectivity index (χ1) is 16.0. The molecule has 6 atom stereocenters. The van der Waals surface area contributed by atoms with E-state index in [1.165, 1.54) is 12.7 Å². The zero-order valence-electron chi connectivity index (χ0n) is 20.5. The number of ether oxygens (including phenoxy) is 3. The maximum atomic E-state index is 12.6. The van der Waals surface area contributed by atoms with Gasteiger partial charge in [-0.15, -0.1) is 11.8 Å². The third-order valence-corrected chi connectivity index (χ3v) is 7.35. The van der Waals surface area contributed by atoms with Crippen LogP contribution in [0.25, 0.3) is 0 Å². The van der Waals surface area contributed by atoms with Crippen LogP contribution in [0.3, 0.4) is 0 Å². The Labute approximate surface area is 199 Å². The summed E-state index contributed by atoms with van der Waals surface area (Å²) in [5, 5.41) is 0. The van der Waals surface area contributed by atoms with E-state index in [1.54, 1.807) is 6.08 Å². The smallest absolute Gasteiger partial charge is 0.305 e. The first kappa shape index (κ1) is 25.7. The third kappa shape index (κ3) is 7.55. The maximum absolute atomic E-state index is 12.6. The minimum absolute atomic E-state index is 0.0826. The van der Waals surface area contributed by atoms with Gasteiger partial charge in [0.2, 0.25) is 0 Å². The van der Waals surface area contributed by atoms with E-state index in [4.69, 9.17) is 14.2 Å². The fraction of sp³-hybridized carbons (Fsp3) is 0.714. The van der Waals surface area contributed by atoms with E-state index in [2.05, 4.69) is 24.0 Å². The van der Waals surface area contributed by atoms with Crippen molar-refractivity contribution in [2.24, 2.45) is 23.7 Å². The highest BCUT2D eigenvalue weighted by Gasteiger charge is 2.47. The monoisotopic (exact) mass is 456 g/mol. The Bertz CT molecular complexity index is 780. The molecule has 0 aromatic heterocycles. The van der Waals surface area contributed by atoms with Gasteiger partial charge in [0.15, 0.2) is 12.1 Å². The van der Waals surface area contributed by atoms with Crippen LogP contribution in [0.1, 0.15) is 78.1 Å². The Balaban J connectivity index is 1.63. The quantitative estimate of drug-likeness (QED) is 0.145. The lowest BCUT2D eigenvalue weighted by Gasteiger charge is -2.29. The molecule has 1 unspecified atom stereocenters. The van der Waals surface area contributed by atoms with Crippen LogP contribution in [-0.2, 0) is 23.8 Å². The third-order valence-electron chi connectivity index (χ3n) is 7.35. The lowest BCUT2D eigenvalue weighted by atomic mass is 9.89. The molecule has 33 heavy (non-hydrogen) atoms. The molecule has 0 bridgehead atoms. The van der Waals surface area contributed by atoms with E-state index in [-0.39, 0.29) is 36.0 Å². The average Bonchev–Trinajstić information content (AvgIpc) is 3.36. The molecule has 3 aliphatic rings. The Kier molecular flexibility index (Phi) is 10.2. The predicted molar refractivity (Wildman–Crippen MR) is 128 cm³/mol. The van der Waals surface area contributed by atoms with E-state index < -0.39 is 0 Å². The van der Waals surface area contributed by atoms with Gasteiger partial charge < -0.3 is 14.2 Å². The van der Waals surface area contributed by atoms with E-state index in [0.29, 0.717) is 24.7 Å². The van der Waals surface area contributed by atoms with Gasteiger partial charge in [0, 0.05) is 31.3 Å². The second-order valence-electron chi connectivity index (χ2n) is 9.74. The molecule has 3 fully saturated rings. The number of hydrogen-bond donors (Lipinski definition) is 0.